The van der Waals surface area contributed by atoms with Crippen molar-refractivity contribution in [2.75, 3.05) is 20.2 Å². The number of carbonyl (C=O) groups is 2. The normalized spacial score (nSPS) is 14.3. The highest BCUT2D eigenvalue weighted by Crippen LogP contribution is 2.33. The van der Waals surface area contributed by atoms with Crippen molar-refractivity contribution in [2.45, 2.75) is 62.6 Å². The molecule has 1 saturated heterocycles. The molecule has 0 bridgehead atoms. The number of fused-ring (bicyclic) bond motifs is 1. The minimum Gasteiger partial charge on any atom is -0.465 e. The standard InChI is InChI=1S/C33H37N3O4S/c1-33(2,3)40-32(38)35-18-16-24(17-19-35)29-21-36(20-25-13-9-12-23-10-5-7-14-27(23)25)31(34-29)41-22-26-11-6-8-15-28(26)30(37)39-4/h5-15,21,24H,16-20,22H2,1-4H3. The van der Waals surface area contributed by atoms with Crippen LogP contribution < -0.4 is 0 Å². The molecule has 0 N–H and O–H groups in total. The lowest BCUT2D eigenvalue weighted by atomic mass is 9.94. The van der Waals surface area contributed by atoms with Crippen molar-refractivity contribution in [1.29, 1.82) is 0 Å². The summed E-state index contributed by atoms with van der Waals surface area (Å²) in [6, 6.07) is 22.4. The first-order valence-corrected chi connectivity index (χ1v) is 15.0. The number of thioether (sulfide) groups is 1. The maximum Gasteiger partial charge on any atom is 0.410 e. The smallest absolute Gasteiger partial charge is 0.410 e. The average molecular weight is 572 g/mol. The molecule has 0 atom stereocenters. The highest BCUT2D eigenvalue weighted by molar-refractivity contribution is 7.98. The molecule has 1 aliphatic heterocycles. The van der Waals surface area contributed by atoms with Crippen LogP contribution in [-0.2, 0) is 21.8 Å². The largest absolute Gasteiger partial charge is 0.465 e. The molecular weight excluding hydrogens is 534 g/mol. The molecule has 0 spiro atoms. The molecule has 1 aliphatic rings. The lowest BCUT2D eigenvalue weighted by Gasteiger charge is -2.32. The van der Waals surface area contributed by atoms with E-state index in [1.165, 1.54) is 23.4 Å². The van der Waals surface area contributed by atoms with Gasteiger partial charge in [-0.05, 0) is 61.6 Å². The van der Waals surface area contributed by atoms with Gasteiger partial charge in [-0.1, -0.05) is 72.4 Å². The monoisotopic (exact) mass is 571 g/mol. The first-order valence-electron chi connectivity index (χ1n) is 14.0. The number of esters is 1. The molecule has 3 aromatic carbocycles. The zero-order chi connectivity index (χ0) is 29.0. The van der Waals surface area contributed by atoms with Crippen molar-refractivity contribution in [3.8, 4) is 0 Å². The van der Waals surface area contributed by atoms with Crippen molar-refractivity contribution in [3.05, 3.63) is 95.3 Å². The maximum absolute atomic E-state index is 12.6. The minimum atomic E-state index is -0.507. The first kappa shape index (κ1) is 28.7. The van der Waals surface area contributed by atoms with E-state index in [0.717, 1.165) is 29.3 Å². The number of ether oxygens (including phenoxy) is 2. The van der Waals surface area contributed by atoms with Crippen molar-refractivity contribution < 1.29 is 19.1 Å². The number of hydrogen-bond donors (Lipinski definition) is 0. The molecule has 0 aliphatic carbocycles. The van der Waals surface area contributed by atoms with Gasteiger partial charge in [0.05, 0.1) is 24.9 Å². The van der Waals surface area contributed by atoms with Crippen molar-refractivity contribution in [3.63, 3.8) is 0 Å². The number of nitrogens with zero attached hydrogens (tertiary/aromatic N) is 3. The lowest BCUT2D eigenvalue weighted by molar-refractivity contribution is 0.0204. The van der Waals surface area contributed by atoms with Gasteiger partial charge >= 0.3 is 12.1 Å². The van der Waals surface area contributed by atoms with E-state index in [0.29, 0.717) is 31.0 Å². The number of rotatable bonds is 7. The molecule has 5 rings (SSSR count). The van der Waals surface area contributed by atoms with Crippen LogP contribution >= 0.6 is 11.8 Å². The highest BCUT2D eigenvalue weighted by Gasteiger charge is 2.29. The third-order valence-electron chi connectivity index (χ3n) is 7.32. The molecule has 0 radical (unpaired) electrons. The summed E-state index contributed by atoms with van der Waals surface area (Å²) in [6.45, 7) is 7.65. The number of amides is 1. The fourth-order valence-corrected chi connectivity index (χ4v) is 6.23. The number of piperidine rings is 1. The molecule has 7 nitrogen and oxygen atoms in total. The summed E-state index contributed by atoms with van der Waals surface area (Å²) in [7, 11) is 1.41. The summed E-state index contributed by atoms with van der Waals surface area (Å²) in [4.78, 5) is 31.9. The summed E-state index contributed by atoms with van der Waals surface area (Å²) in [5, 5.41) is 3.34. The van der Waals surface area contributed by atoms with Crippen LogP contribution in [0.3, 0.4) is 0 Å². The average Bonchev–Trinajstić information content (AvgIpc) is 3.37. The molecular formula is C33H37N3O4S. The van der Waals surface area contributed by atoms with E-state index in [2.05, 4.69) is 53.2 Å². The molecule has 8 heteroatoms. The van der Waals surface area contributed by atoms with E-state index in [-0.39, 0.29) is 18.0 Å². The predicted molar refractivity (Wildman–Crippen MR) is 162 cm³/mol. The Morgan fingerprint density at radius 1 is 0.951 bits per heavy atom. The maximum atomic E-state index is 12.6. The van der Waals surface area contributed by atoms with Gasteiger partial charge in [0.1, 0.15) is 5.60 Å². The summed E-state index contributed by atoms with van der Waals surface area (Å²) < 4.78 is 12.8. The molecule has 1 amide bonds. The van der Waals surface area contributed by atoms with Crippen LogP contribution in [0.25, 0.3) is 10.8 Å². The Kier molecular flexibility index (Phi) is 8.68. The Morgan fingerprint density at radius 2 is 1.63 bits per heavy atom. The number of imidazole rings is 1. The van der Waals surface area contributed by atoms with Crippen LogP contribution in [0.4, 0.5) is 4.79 Å². The molecule has 0 saturated carbocycles. The second-order valence-corrected chi connectivity index (χ2v) is 12.3. The zero-order valence-corrected chi connectivity index (χ0v) is 24.9. The SMILES string of the molecule is COC(=O)c1ccccc1CSc1nc(C2CCN(C(=O)OC(C)(C)C)CC2)cn1Cc1cccc2ccccc12. The quantitative estimate of drug-likeness (QED) is 0.171. The third-order valence-corrected chi connectivity index (χ3v) is 8.36. The Hall–Kier alpha value is -3.78. The number of likely N-dealkylation sites (tertiary alicyclic amines) is 1. The molecule has 4 aromatic rings. The van der Waals surface area contributed by atoms with Crippen LogP contribution in [-0.4, -0.2) is 52.3 Å². The van der Waals surface area contributed by atoms with Crippen LogP contribution in [0.15, 0.2) is 78.1 Å². The molecule has 2 heterocycles. The van der Waals surface area contributed by atoms with Crippen LogP contribution in [0.1, 0.15) is 66.7 Å². The number of benzene rings is 3. The zero-order valence-electron chi connectivity index (χ0n) is 24.1. The van der Waals surface area contributed by atoms with Gasteiger partial charge in [0, 0.05) is 31.0 Å². The lowest BCUT2D eigenvalue weighted by Crippen LogP contribution is -2.41. The van der Waals surface area contributed by atoms with Gasteiger partial charge in [0.15, 0.2) is 5.16 Å². The van der Waals surface area contributed by atoms with E-state index < -0.39 is 5.60 Å². The summed E-state index contributed by atoms with van der Waals surface area (Å²) in [5.74, 6) is 0.510. The second kappa shape index (κ2) is 12.4. The first-order chi connectivity index (χ1) is 19.7. The third kappa shape index (κ3) is 6.93. The van der Waals surface area contributed by atoms with E-state index in [9.17, 15) is 9.59 Å². The molecule has 214 valence electrons. The summed E-state index contributed by atoms with van der Waals surface area (Å²) in [5.41, 5.74) is 3.24. The van der Waals surface area contributed by atoms with Gasteiger partial charge in [-0.15, -0.1) is 0 Å². The van der Waals surface area contributed by atoms with Crippen LogP contribution in [0, 0.1) is 0 Å². The molecule has 1 aromatic heterocycles. The van der Waals surface area contributed by atoms with E-state index >= 15 is 0 Å². The topological polar surface area (TPSA) is 73.7 Å². The Bertz CT molecular complexity index is 1530. The van der Waals surface area contributed by atoms with E-state index in [1.54, 1.807) is 22.7 Å². The second-order valence-electron chi connectivity index (χ2n) is 11.4. The van der Waals surface area contributed by atoms with Gasteiger partial charge in [0.2, 0.25) is 0 Å². The number of methoxy groups -OCH3 is 1. The van der Waals surface area contributed by atoms with Gasteiger partial charge in [-0.3, -0.25) is 0 Å². The fourth-order valence-electron chi connectivity index (χ4n) is 5.24. The van der Waals surface area contributed by atoms with Crippen LogP contribution in [0.5, 0.6) is 0 Å². The highest BCUT2D eigenvalue weighted by atomic mass is 32.2. The molecule has 0 unspecified atom stereocenters. The minimum absolute atomic E-state index is 0.252. The van der Waals surface area contributed by atoms with Crippen molar-refractivity contribution in [2.24, 2.45) is 0 Å². The summed E-state index contributed by atoms with van der Waals surface area (Å²) in [6.07, 6.45) is 3.59. The Balaban J connectivity index is 1.39. The van der Waals surface area contributed by atoms with Crippen molar-refractivity contribution in [1.82, 2.24) is 14.5 Å². The fraction of sp³-hybridized carbons (Fsp3) is 0.364. The number of carbonyl (C=O) groups excluding carboxylic acids is 2. The predicted octanol–water partition coefficient (Wildman–Crippen LogP) is 7.28. The van der Waals surface area contributed by atoms with Crippen LogP contribution in [0.2, 0.25) is 0 Å². The number of hydrogen-bond acceptors (Lipinski definition) is 6. The van der Waals surface area contributed by atoms with Gasteiger partial charge in [0.25, 0.3) is 0 Å². The van der Waals surface area contributed by atoms with E-state index in [1.807, 2.05) is 39.0 Å². The Labute approximate surface area is 245 Å². The van der Waals surface area contributed by atoms with Gasteiger partial charge < -0.3 is 18.9 Å². The van der Waals surface area contributed by atoms with Gasteiger partial charge in [-0.2, -0.15) is 0 Å². The molecule has 1 fully saturated rings. The van der Waals surface area contributed by atoms with Crippen molar-refractivity contribution >= 4 is 34.6 Å². The molecule has 41 heavy (non-hydrogen) atoms. The summed E-state index contributed by atoms with van der Waals surface area (Å²) >= 11 is 1.62. The van der Waals surface area contributed by atoms with E-state index in [4.69, 9.17) is 14.5 Å². The Morgan fingerprint density at radius 3 is 2.39 bits per heavy atom. The van der Waals surface area contributed by atoms with Gasteiger partial charge in [-0.25, -0.2) is 14.6 Å². The number of aromatic nitrogens is 2.